The largest absolute Gasteiger partial charge is 0.408 e. The second-order valence-corrected chi connectivity index (χ2v) is 14.7. The summed E-state index contributed by atoms with van der Waals surface area (Å²) in [6.45, 7) is 3.06. The van der Waals surface area contributed by atoms with Gasteiger partial charge < -0.3 is 47.9 Å². The Balaban J connectivity index is 0.908. The Morgan fingerprint density at radius 3 is 2.11 bits per heavy atom. The van der Waals surface area contributed by atoms with E-state index >= 15 is 0 Å². The van der Waals surface area contributed by atoms with Gasteiger partial charge in [-0.3, -0.25) is 4.57 Å². The van der Waals surface area contributed by atoms with Crippen molar-refractivity contribution in [3.05, 3.63) is 91.4 Å². The topological polar surface area (TPSA) is 142 Å². The molecule has 2 aromatic carbocycles. The maximum Gasteiger partial charge on any atom is 0.301 e. The molecular weight excluding hydrogens is 719 g/mol. The lowest BCUT2D eigenvalue weighted by atomic mass is 10.1. The van der Waals surface area contributed by atoms with Crippen molar-refractivity contribution in [3.8, 4) is 69.3 Å². The van der Waals surface area contributed by atoms with Gasteiger partial charge in [-0.2, -0.15) is 9.97 Å². The normalized spacial score (nSPS) is 12.4. The van der Waals surface area contributed by atoms with E-state index in [-0.39, 0.29) is 0 Å². The maximum atomic E-state index is 6.28. The quantitative estimate of drug-likeness (QED) is 0.116. The van der Waals surface area contributed by atoms with Gasteiger partial charge in [-0.1, -0.05) is 12.1 Å². The molecule has 57 heavy (non-hydrogen) atoms. The van der Waals surface area contributed by atoms with Crippen molar-refractivity contribution in [2.24, 2.45) is 35.2 Å². The fourth-order valence-electron chi connectivity index (χ4n) is 7.18. The van der Waals surface area contributed by atoms with Crippen LogP contribution in [0.2, 0.25) is 0 Å². The van der Waals surface area contributed by atoms with Crippen molar-refractivity contribution in [2.45, 2.75) is 13.0 Å². The number of aryl methyl sites for hydroxylation is 1. The van der Waals surface area contributed by atoms with Crippen LogP contribution in [0.1, 0.15) is 6.92 Å². The van der Waals surface area contributed by atoms with Gasteiger partial charge in [0.05, 0.1) is 39.7 Å². The molecule has 0 radical (unpaired) electrons. The first-order valence-electron chi connectivity index (χ1n) is 18.8. The Bertz CT molecular complexity index is 2890. The fraction of sp³-hybridized carbons (Fsp3) is 0.238. The average Bonchev–Trinajstić information content (AvgIpc) is 4.07. The van der Waals surface area contributed by atoms with Gasteiger partial charge in [0.2, 0.25) is 11.8 Å². The van der Waals surface area contributed by atoms with Gasteiger partial charge in [-0.15, -0.1) is 0 Å². The summed E-state index contributed by atoms with van der Waals surface area (Å²) in [6, 6.07) is 25.9. The Morgan fingerprint density at radius 1 is 0.649 bits per heavy atom. The number of likely N-dealkylation sites (N-methyl/N-ethyl adjacent to an activating group) is 1. The second kappa shape index (κ2) is 13.9. The molecule has 1 atom stereocenters. The van der Waals surface area contributed by atoms with E-state index in [2.05, 4.69) is 111 Å². The predicted molar refractivity (Wildman–Crippen MR) is 223 cm³/mol. The Hall–Kier alpha value is -7.00. The number of hydrogen-bond acceptors (Lipinski definition) is 8. The lowest BCUT2D eigenvalue weighted by molar-refractivity contribution is 0.326. The zero-order valence-corrected chi connectivity index (χ0v) is 33.2. The molecule has 9 rings (SSSR count). The fourth-order valence-corrected chi connectivity index (χ4v) is 7.18. The number of nitrogens with zero attached hydrogens (tertiary/aromatic N) is 10. The summed E-state index contributed by atoms with van der Waals surface area (Å²) in [5, 5.41) is 3.57. The van der Waals surface area contributed by atoms with Crippen LogP contribution in [0.5, 0.6) is 23.8 Å². The molecule has 0 amide bonds. The highest BCUT2D eigenvalue weighted by Crippen LogP contribution is 2.34. The number of benzene rings is 2. The number of fused-ring (bicyclic) bond motifs is 2. The molecule has 0 spiro atoms. The van der Waals surface area contributed by atoms with E-state index in [4.69, 9.17) is 24.4 Å². The van der Waals surface area contributed by atoms with E-state index in [0.29, 0.717) is 29.8 Å². The third kappa shape index (κ3) is 6.40. The Kier molecular flexibility index (Phi) is 8.73. The molecule has 0 aliphatic heterocycles. The molecule has 15 nitrogen and oxygen atoms in total. The van der Waals surface area contributed by atoms with Crippen LogP contribution in [0, 0.1) is 0 Å². The first kappa shape index (κ1) is 35.7. The van der Waals surface area contributed by atoms with Crippen molar-refractivity contribution in [1.82, 2.24) is 57.6 Å². The van der Waals surface area contributed by atoms with E-state index < -0.39 is 0 Å². The van der Waals surface area contributed by atoms with Gasteiger partial charge in [0.25, 0.3) is 0 Å². The van der Waals surface area contributed by atoms with E-state index in [0.717, 1.165) is 80.0 Å². The molecule has 0 aliphatic rings. The molecule has 1 unspecified atom stereocenters. The molecule has 9 aromatic rings. The molecular formula is C42H45N13O2. The number of rotatable bonds is 12. The zero-order chi connectivity index (χ0) is 39.5. The smallest absolute Gasteiger partial charge is 0.301 e. The van der Waals surface area contributed by atoms with Crippen LogP contribution in [0.4, 0.5) is 5.82 Å². The van der Waals surface area contributed by atoms with E-state index in [1.54, 1.807) is 12.4 Å². The van der Waals surface area contributed by atoms with Crippen LogP contribution >= 0.6 is 0 Å². The predicted octanol–water partition coefficient (Wildman–Crippen LogP) is 7.54. The van der Waals surface area contributed by atoms with Gasteiger partial charge in [0, 0.05) is 88.8 Å². The summed E-state index contributed by atoms with van der Waals surface area (Å²) in [6.07, 6.45) is 5.42. The highest BCUT2D eigenvalue weighted by atomic mass is 16.5. The standard InChI is InChI=1S/C42H45N13O2/c1-25(50(2)3)23-44-36-17-15-33(53(36)6)27-10-12-29-31(22-27)49-42(47-29)57-38-24-45-40(55(38)8)35-14-13-32(52(35)5)26-9-11-28-30(21-26)48-41(46-28)56-37-18-16-34(54(37)7)39-43-19-20-51(39)4/h9-22,24-25,44H,23H2,1-8H3,(H,46,48)(H,47,49). The van der Waals surface area contributed by atoms with Crippen molar-refractivity contribution in [3.63, 3.8) is 0 Å². The second-order valence-electron chi connectivity index (χ2n) is 14.7. The molecule has 0 saturated heterocycles. The van der Waals surface area contributed by atoms with E-state index in [9.17, 15) is 0 Å². The maximum absolute atomic E-state index is 6.28. The number of anilines is 1. The van der Waals surface area contributed by atoms with E-state index in [1.165, 1.54) is 0 Å². The molecule has 15 heteroatoms. The molecule has 3 N–H and O–H groups in total. The van der Waals surface area contributed by atoms with Crippen molar-refractivity contribution in [1.29, 1.82) is 0 Å². The number of nitrogens with one attached hydrogen (secondary N) is 3. The third-order valence-electron chi connectivity index (χ3n) is 10.9. The molecule has 0 fully saturated rings. The van der Waals surface area contributed by atoms with Crippen LogP contribution in [-0.2, 0) is 35.2 Å². The molecule has 290 valence electrons. The first-order valence-corrected chi connectivity index (χ1v) is 18.8. The van der Waals surface area contributed by atoms with E-state index in [1.807, 2.05) is 72.4 Å². The minimum atomic E-state index is 0.396. The lowest BCUT2D eigenvalue weighted by Gasteiger charge is -2.21. The van der Waals surface area contributed by atoms with Crippen LogP contribution in [0.25, 0.3) is 67.6 Å². The van der Waals surface area contributed by atoms with Gasteiger partial charge in [-0.25, -0.2) is 9.97 Å². The van der Waals surface area contributed by atoms with Gasteiger partial charge in [-0.05, 0) is 75.6 Å². The highest BCUT2D eigenvalue weighted by molar-refractivity contribution is 5.83. The van der Waals surface area contributed by atoms with Crippen LogP contribution in [0.3, 0.4) is 0 Å². The lowest BCUT2D eigenvalue weighted by Crippen LogP contribution is -2.31. The summed E-state index contributed by atoms with van der Waals surface area (Å²) in [5.74, 6) is 3.91. The molecule has 0 bridgehead atoms. The summed E-state index contributed by atoms with van der Waals surface area (Å²) < 4.78 is 22.6. The van der Waals surface area contributed by atoms with Crippen molar-refractivity contribution < 1.29 is 9.47 Å². The summed E-state index contributed by atoms with van der Waals surface area (Å²) in [7, 11) is 14.2. The van der Waals surface area contributed by atoms with Gasteiger partial charge >= 0.3 is 12.0 Å². The van der Waals surface area contributed by atoms with Crippen LogP contribution in [0.15, 0.2) is 91.4 Å². The summed E-state index contributed by atoms with van der Waals surface area (Å²) in [5.41, 5.74) is 9.47. The van der Waals surface area contributed by atoms with Crippen LogP contribution < -0.4 is 14.8 Å². The minimum Gasteiger partial charge on any atom is -0.408 e. The summed E-state index contributed by atoms with van der Waals surface area (Å²) in [4.78, 5) is 27.6. The molecule has 0 saturated carbocycles. The number of hydrogen-bond donors (Lipinski definition) is 3. The number of H-pyrrole nitrogens is 2. The van der Waals surface area contributed by atoms with Crippen LogP contribution in [-0.4, -0.2) is 84.3 Å². The Labute approximate surface area is 329 Å². The SMILES string of the molecule is CC(CNc1ccc(-c2ccc3nc(Oc4cnc(-c5ccc(-c6ccc7[nH]c(Oc8ccc(-c9nccn9C)n8C)nc7c6)n5C)n4C)[nH]c3c2)n1C)N(C)C. The molecule has 7 heterocycles. The first-order chi connectivity index (χ1) is 27.5. The zero-order valence-electron chi connectivity index (χ0n) is 33.2. The molecule has 0 aliphatic carbocycles. The van der Waals surface area contributed by atoms with Crippen molar-refractivity contribution in [2.75, 3.05) is 26.0 Å². The van der Waals surface area contributed by atoms with Gasteiger partial charge in [0.1, 0.15) is 5.82 Å². The summed E-state index contributed by atoms with van der Waals surface area (Å²) >= 11 is 0. The highest BCUT2D eigenvalue weighted by Gasteiger charge is 2.19. The average molecular weight is 764 g/mol. The number of aromatic nitrogens is 11. The number of ether oxygens (including phenoxy) is 2. The monoisotopic (exact) mass is 763 g/mol. The third-order valence-corrected chi connectivity index (χ3v) is 10.9. The molecule has 7 aromatic heterocycles. The number of imidazole rings is 4. The Morgan fingerprint density at radius 2 is 1.32 bits per heavy atom. The number of aromatic amines is 2. The van der Waals surface area contributed by atoms with Gasteiger partial charge in [0.15, 0.2) is 11.6 Å². The van der Waals surface area contributed by atoms with Crippen molar-refractivity contribution >= 4 is 27.9 Å². The minimum absolute atomic E-state index is 0.396.